The lowest BCUT2D eigenvalue weighted by molar-refractivity contribution is -0.225. The minimum absolute atomic E-state index is 0.00761. The normalized spacial score (nSPS) is 17.7. The van der Waals surface area contributed by atoms with Crippen LogP contribution in [-0.2, 0) is 15.3 Å². The van der Waals surface area contributed by atoms with Gasteiger partial charge in [0.05, 0.1) is 6.61 Å². The Balaban J connectivity index is 1.71. The van der Waals surface area contributed by atoms with Crippen LogP contribution in [0.3, 0.4) is 0 Å². The van der Waals surface area contributed by atoms with E-state index in [4.69, 9.17) is 15.2 Å². The van der Waals surface area contributed by atoms with E-state index < -0.39 is 17.9 Å². The molecule has 0 radical (unpaired) electrons. The van der Waals surface area contributed by atoms with Crippen LogP contribution >= 0.6 is 0 Å². The molecular weight excluding hydrogens is 382 g/mol. The number of hydrogen-bond donors (Lipinski definition) is 3. The monoisotopic (exact) mass is 413 g/mol. The molecule has 0 aromatic heterocycles. The summed E-state index contributed by atoms with van der Waals surface area (Å²) in [4.78, 5) is 12.5. The number of benzene rings is 2. The number of aliphatic hydroxyl groups is 2. The Bertz CT molecular complexity index is 806. The van der Waals surface area contributed by atoms with Gasteiger partial charge in [-0.3, -0.25) is 0 Å². The van der Waals surface area contributed by atoms with Crippen molar-refractivity contribution in [1.29, 1.82) is 0 Å². The smallest absolute Gasteiger partial charge is 0.342 e. The molecule has 162 valence electrons. The Morgan fingerprint density at radius 2 is 1.83 bits per heavy atom. The number of esters is 1. The summed E-state index contributed by atoms with van der Waals surface area (Å²) in [6.45, 7) is 0.726. The van der Waals surface area contributed by atoms with Crippen LogP contribution in [0.5, 0.6) is 5.75 Å². The maximum absolute atomic E-state index is 12.5. The van der Waals surface area contributed by atoms with Crippen molar-refractivity contribution in [3.63, 3.8) is 0 Å². The first-order chi connectivity index (χ1) is 14.5. The van der Waals surface area contributed by atoms with Crippen molar-refractivity contribution in [3.05, 3.63) is 65.7 Å². The number of rotatable bonds is 9. The van der Waals surface area contributed by atoms with Crippen molar-refractivity contribution in [2.75, 3.05) is 13.2 Å². The molecule has 1 saturated carbocycles. The summed E-state index contributed by atoms with van der Waals surface area (Å²) in [5, 5.41) is 21.4. The van der Waals surface area contributed by atoms with Gasteiger partial charge < -0.3 is 25.4 Å². The van der Waals surface area contributed by atoms with E-state index in [0.717, 1.165) is 0 Å². The zero-order valence-corrected chi connectivity index (χ0v) is 17.2. The Labute approximate surface area is 177 Å². The zero-order valence-electron chi connectivity index (χ0n) is 17.2. The van der Waals surface area contributed by atoms with Crippen LogP contribution in [0.2, 0.25) is 0 Å². The molecule has 30 heavy (non-hydrogen) atoms. The molecule has 2 aromatic carbocycles. The van der Waals surface area contributed by atoms with E-state index in [1.807, 2.05) is 6.07 Å². The van der Waals surface area contributed by atoms with Crippen molar-refractivity contribution in [2.24, 2.45) is 11.7 Å². The van der Waals surface area contributed by atoms with Gasteiger partial charge in [0, 0.05) is 12.0 Å². The van der Waals surface area contributed by atoms with Gasteiger partial charge in [-0.15, -0.1) is 0 Å². The van der Waals surface area contributed by atoms with Gasteiger partial charge in [0.2, 0.25) is 5.79 Å². The first kappa shape index (κ1) is 22.3. The molecule has 1 aliphatic carbocycles. The lowest BCUT2D eigenvalue weighted by Gasteiger charge is -2.29. The molecule has 4 N–H and O–H groups in total. The summed E-state index contributed by atoms with van der Waals surface area (Å²) in [5.41, 5.74) is 6.42. The van der Waals surface area contributed by atoms with Crippen molar-refractivity contribution in [3.8, 4) is 5.75 Å². The summed E-state index contributed by atoms with van der Waals surface area (Å²) in [5.74, 6) is -1.74. The van der Waals surface area contributed by atoms with Gasteiger partial charge >= 0.3 is 5.97 Å². The van der Waals surface area contributed by atoms with E-state index in [2.05, 4.69) is 0 Å². The molecule has 0 saturated heterocycles. The van der Waals surface area contributed by atoms with Gasteiger partial charge in [0.1, 0.15) is 5.75 Å². The van der Waals surface area contributed by atoms with E-state index in [-0.39, 0.29) is 13.0 Å². The Kier molecular flexibility index (Phi) is 7.85. The number of ether oxygens (including phenoxy) is 2. The molecule has 1 aliphatic rings. The second kappa shape index (κ2) is 10.6. The van der Waals surface area contributed by atoms with Crippen molar-refractivity contribution < 1.29 is 24.5 Å². The number of carbonyl (C=O) groups is 1. The lowest BCUT2D eigenvalue weighted by Crippen LogP contribution is -2.36. The molecule has 2 aromatic rings. The quantitative estimate of drug-likeness (QED) is 0.430. The molecule has 2 atom stereocenters. The maximum Gasteiger partial charge on any atom is 0.342 e. The minimum atomic E-state index is -1.95. The fraction of sp³-hybridized carbons (Fsp3) is 0.458. The van der Waals surface area contributed by atoms with Gasteiger partial charge in [-0.2, -0.15) is 0 Å². The van der Waals surface area contributed by atoms with Gasteiger partial charge in [-0.1, -0.05) is 61.7 Å². The molecule has 0 amide bonds. The second-order valence-corrected chi connectivity index (χ2v) is 7.90. The highest BCUT2D eigenvalue weighted by molar-refractivity contribution is 5.76. The van der Waals surface area contributed by atoms with Gasteiger partial charge in [0.25, 0.3) is 0 Å². The zero-order chi connectivity index (χ0) is 21.4. The SMILES string of the molecule is NCC[C@@](O)(OC(=O)C(O)c1ccccc1)c1cccc(OCC2CCCCC2)c1. The number of nitrogens with two attached hydrogens (primary N) is 1. The highest BCUT2D eigenvalue weighted by Gasteiger charge is 2.36. The van der Waals surface area contributed by atoms with Crippen LogP contribution in [0, 0.1) is 5.92 Å². The first-order valence-electron chi connectivity index (χ1n) is 10.6. The van der Waals surface area contributed by atoms with Crippen LogP contribution < -0.4 is 10.5 Å². The van der Waals surface area contributed by atoms with Gasteiger partial charge in [0.15, 0.2) is 6.10 Å². The number of carbonyl (C=O) groups excluding carboxylic acids is 1. The van der Waals surface area contributed by atoms with Crippen LogP contribution in [0.15, 0.2) is 54.6 Å². The summed E-state index contributed by atoms with van der Waals surface area (Å²) in [7, 11) is 0. The molecule has 3 rings (SSSR count). The summed E-state index contributed by atoms with van der Waals surface area (Å²) in [6, 6.07) is 15.3. The van der Waals surface area contributed by atoms with Crippen molar-refractivity contribution >= 4 is 5.97 Å². The third-order valence-corrected chi connectivity index (χ3v) is 5.59. The topological polar surface area (TPSA) is 102 Å². The first-order valence-corrected chi connectivity index (χ1v) is 10.6. The predicted octanol–water partition coefficient (Wildman–Crippen LogP) is 3.42. The lowest BCUT2D eigenvalue weighted by atomic mass is 9.90. The van der Waals surface area contributed by atoms with Crippen LogP contribution in [0.25, 0.3) is 0 Å². The van der Waals surface area contributed by atoms with E-state index in [0.29, 0.717) is 29.4 Å². The molecule has 6 heteroatoms. The molecule has 1 fully saturated rings. The van der Waals surface area contributed by atoms with Gasteiger partial charge in [-0.05, 0) is 43.0 Å². The van der Waals surface area contributed by atoms with Gasteiger partial charge in [-0.25, -0.2) is 4.79 Å². The molecule has 0 heterocycles. The molecule has 0 bridgehead atoms. The third-order valence-electron chi connectivity index (χ3n) is 5.59. The Hall–Kier alpha value is -2.41. The Morgan fingerprint density at radius 3 is 2.53 bits per heavy atom. The minimum Gasteiger partial charge on any atom is -0.493 e. The fourth-order valence-corrected chi connectivity index (χ4v) is 3.84. The summed E-state index contributed by atoms with van der Waals surface area (Å²) < 4.78 is 11.3. The number of hydrogen-bond acceptors (Lipinski definition) is 6. The summed E-state index contributed by atoms with van der Waals surface area (Å²) in [6.07, 6.45) is 4.61. The van der Waals surface area contributed by atoms with Crippen molar-refractivity contribution in [1.82, 2.24) is 0 Å². The predicted molar refractivity (Wildman–Crippen MR) is 114 cm³/mol. The van der Waals surface area contributed by atoms with Crippen LogP contribution in [-0.4, -0.2) is 29.3 Å². The highest BCUT2D eigenvalue weighted by atomic mass is 16.7. The average Bonchev–Trinajstić information content (AvgIpc) is 2.79. The van der Waals surface area contributed by atoms with Crippen LogP contribution in [0.1, 0.15) is 55.8 Å². The Morgan fingerprint density at radius 1 is 1.10 bits per heavy atom. The standard InChI is InChI=1S/C24H31NO5/c25-15-14-24(28,30-23(27)22(26)19-10-5-2-6-11-19)20-12-7-13-21(16-20)29-17-18-8-3-1-4-9-18/h2,5-7,10-13,16,18,22,26,28H,1,3-4,8-9,14-15,17,25H2/t22?,24-/m1/s1. The second-order valence-electron chi connectivity index (χ2n) is 7.90. The van der Waals surface area contributed by atoms with Crippen LogP contribution in [0.4, 0.5) is 0 Å². The molecular formula is C24H31NO5. The number of aliphatic hydroxyl groups excluding tert-OH is 1. The van der Waals surface area contributed by atoms with E-state index in [1.54, 1.807) is 48.5 Å². The third kappa shape index (κ3) is 5.81. The van der Waals surface area contributed by atoms with E-state index >= 15 is 0 Å². The van der Waals surface area contributed by atoms with E-state index in [9.17, 15) is 15.0 Å². The summed E-state index contributed by atoms with van der Waals surface area (Å²) >= 11 is 0. The molecule has 0 spiro atoms. The molecule has 6 nitrogen and oxygen atoms in total. The average molecular weight is 414 g/mol. The highest BCUT2D eigenvalue weighted by Crippen LogP contribution is 2.32. The largest absolute Gasteiger partial charge is 0.493 e. The molecule has 0 aliphatic heterocycles. The van der Waals surface area contributed by atoms with Crippen molar-refractivity contribution in [2.45, 2.75) is 50.4 Å². The van der Waals surface area contributed by atoms with E-state index in [1.165, 1.54) is 32.1 Å². The fourth-order valence-electron chi connectivity index (χ4n) is 3.84. The maximum atomic E-state index is 12.5. The molecule has 1 unspecified atom stereocenters.